The van der Waals surface area contributed by atoms with Crippen LogP contribution in [0.25, 0.3) is 0 Å². The zero-order chi connectivity index (χ0) is 10.7. The van der Waals surface area contributed by atoms with Crippen molar-refractivity contribution in [1.29, 1.82) is 0 Å². The molecule has 4 nitrogen and oxygen atoms in total. The van der Waals surface area contributed by atoms with Crippen LogP contribution in [0, 0.1) is 12.8 Å². The number of aryl methyl sites for hydroxylation is 1. The minimum Gasteiger partial charge on any atom is -0.352 e. The van der Waals surface area contributed by atoms with Crippen LogP contribution in [0.4, 0.5) is 0 Å². The third-order valence-electron chi connectivity index (χ3n) is 2.59. The Balaban J connectivity index is 1.86. The Hall–Kier alpha value is -1.42. The Labute approximate surface area is 89.1 Å². The van der Waals surface area contributed by atoms with Crippen molar-refractivity contribution in [3.8, 4) is 0 Å². The van der Waals surface area contributed by atoms with Crippen LogP contribution in [0.5, 0.6) is 0 Å². The largest absolute Gasteiger partial charge is 0.352 e. The molecule has 2 heterocycles. The van der Waals surface area contributed by atoms with Crippen LogP contribution in [-0.2, 0) is 0 Å². The minimum absolute atomic E-state index is 0.0330. The fraction of sp³-hybridized carbons (Fsp3) is 0.455. The van der Waals surface area contributed by atoms with E-state index in [1.165, 1.54) is 0 Å². The van der Waals surface area contributed by atoms with Crippen LogP contribution in [0.2, 0.25) is 0 Å². The molecular formula is C11H15N3O. The maximum absolute atomic E-state index is 11.6. The summed E-state index contributed by atoms with van der Waals surface area (Å²) in [5, 5.41) is 6.07. The summed E-state index contributed by atoms with van der Waals surface area (Å²) in [5.41, 5.74) is 1.56. The predicted octanol–water partition coefficient (Wildman–Crippen LogP) is 0.339. The summed E-state index contributed by atoms with van der Waals surface area (Å²) >= 11 is 0. The van der Waals surface area contributed by atoms with E-state index < -0.39 is 0 Å². The third-order valence-corrected chi connectivity index (χ3v) is 2.59. The number of carbonyl (C=O) groups excluding carboxylic acids is 1. The molecule has 1 aromatic rings. The molecule has 1 fully saturated rings. The number of pyridine rings is 1. The van der Waals surface area contributed by atoms with Gasteiger partial charge in [0.1, 0.15) is 0 Å². The average Bonchev–Trinajstić information content (AvgIpc) is 2.16. The first-order chi connectivity index (χ1) is 7.25. The molecule has 2 N–H and O–H groups in total. The second kappa shape index (κ2) is 4.40. The number of nitrogens with zero attached hydrogens (tertiary/aromatic N) is 1. The van der Waals surface area contributed by atoms with Crippen molar-refractivity contribution in [2.45, 2.75) is 6.92 Å². The first-order valence-corrected chi connectivity index (χ1v) is 5.17. The van der Waals surface area contributed by atoms with Crippen molar-refractivity contribution < 1.29 is 4.79 Å². The van der Waals surface area contributed by atoms with Crippen molar-refractivity contribution in [3.63, 3.8) is 0 Å². The number of rotatable bonds is 3. The Bertz CT molecular complexity index is 343. The van der Waals surface area contributed by atoms with Crippen molar-refractivity contribution >= 4 is 5.91 Å². The highest BCUT2D eigenvalue weighted by Gasteiger charge is 2.17. The number of aromatic nitrogens is 1. The van der Waals surface area contributed by atoms with Crippen LogP contribution in [-0.4, -0.2) is 30.5 Å². The molecule has 1 aliphatic rings. The average molecular weight is 205 g/mol. The maximum Gasteiger partial charge on any atom is 0.252 e. The molecule has 0 saturated carbocycles. The van der Waals surface area contributed by atoms with Gasteiger partial charge in [-0.2, -0.15) is 0 Å². The lowest BCUT2D eigenvalue weighted by atomic mass is 10.0. The number of amides is 1. The Morgan fingerprint density at radius 2 is 2.40 bits per heavy atom. The van der Waals surface area contributed by atoms with E-state index in [-0.39, 0.29) is 5.91 Å². The Morgan fingerprint density at radius 3 is 2.93 bits per heavy atom. The third kappa shape index (κ3) is 2.53. The SMILES string of the molecule is Cc1ccc(C(=O)NCC2CNC2)cn1. The summed E-state index contributed by atoms with van der Waals surface area (Å²) in [5.74, 6) is 0.557. The lowest BCUT2D eigenvalue weighted by Gasteiger charge is -2.27. The summed E-state index contributed by atoms with van der Waals surface area (Å²) in [6.45, 7) is 4.67. The molecule has 4 heteroatoms. The predicted molar refractivity (Wildman–Crippen MR) is 57.7 cm³/mol. The van der Waals surface area contributed by atoms with Gasteiger partial charge in [0, 0.05) is 37.4 Å². The van der Waals surface area contributed by atoms with Crippen LogP contribution < -0.4 is 10.6 Å². The number of hydrogen-bond donors (Lipinski definition) is 2. The number of nitrogens with one attached hydrogen (secondary N) is 2. The van der Waals surface area contributed by atoms with Gasteiger partial charge in [0.25, 0.3) is 5.91 Å². The Morgan fingerprint density at radius 1 is 1.60 bits per heavy atom. The molecule has 1 saturated heterocycles. The van der Waals surface area contributed by atoms with Crippen LogP contribution >= 0.6 is 0 Å². The van der Waals surface area contributed by atoms with E-state index in [2.05, 4.69) is 15.6 Å². The van der Waals surface area contributed by atoms with Gasteiger partial charge in [-0.15, -0.1) is 0 Å². The smallest absolute Gasteiger partial charge is 0.252 e. The molecule has 1 amide bonds. The molecule has 2 rings (SSSR count). The number of hydrogen-bond acceptors (Lipinski definition) is 3. The standard InChI is InChI=1S/C11H15N3O/c1-8-2-3-10(7-13-8)11(15)14-6-9-4-12-5-9/h2-3,7,9,12H,4-6H2,1H3,(H,14,15). The molecule has 0 atom stereocenters. The van der Waals surface area contributed by atoms with E-state index in [1.807, 2.05) is 13.0 Å². The molecule has 0 spiro atoms. The van der Waals surface area contributed by atoms with Crippen molar-refractivity contribution in [2.24, 2.45) is 5.92 Å². The molecule has 0 unspecified atom stereocenters. The van der Waals surface area contributed by atoms with Gasteiger partial charge in [-0.3, -0.25) is 9.78 Å². The van der Waals surface area contributed by atoms with Gasteiger partial charge in [-0.05, 0) is 19.1 Å². The van der Waals surface area contributed by atoms with Crippen LogP contribution in [0.15, 0.2) is 18.3 Å². The normalized spacial score (nSPS) is 15.8. The first kappa shape index (κ1) is 10.1. The van der Waals surface area contributed by atoms with E-state index in [0.29, 0.717) is 11.5 Å². The fourth-order valence-electron chi connectivity index (χ4n) is 1.43. The molecule has 0 bridgehead atoms. The summed E-state index contributed by atoms with van der Waals surface area (Å²) in [4.78, 5) is 15.7. The minimum atomic E-state index is -0.0330. The van der Waals surface area contributed by atoms with Crippen LogP contribution in [0.3, 0.4) is 0 Å². The van der Waals surface area contributed by atoms with Gasteiger partial charge in [0.05, 0.1) is 5.56 Å². The summed E-state index contributed by atoms with van der Waals surface area (Å²) in [6.07, 6.45) is 1.61. The number of carbonyl (C=O) groups is 1. The second-order valence-electron chi connectivity index (χ2n) is 3.92. The quantitative estimate of drug-likeness (QED) is 0.748. The molecule has 80 valence electrons. The van der Waals surface area contributed by atoms with Crippen LogP contribution in [0.1, 0.15) is 16.1 Å². The van der Waals surface area contributed by atoms with Crippen molar-refractivity contribution in [1.82, 2.24) is 15.6 Å². The topological polar surface area (TPSA) is 54.0 Å². The van der Waals surface area contributed by atoms with Gasteiger partial charge in [0.2, 0.25) is 0 Å². The molecule has 0 radical (unpaired) electrons. The molecule has 0 aliphatic carbocycles. The fourth-order valence-corrected chi connectivity index (χ4v) is 1.43. The van der Waals surface area contributed by atoms with E-state index in [9.17, 15) is 4.79 Å². The van der Waals surface area contributed by atoms with Gasteiger partial charge in [-0.25, -0.2) is 0 Å². The van der Waals surface area contributed by atoms with E-state index >= 15 is 0 Å². The van der Waals surface area contributed by atoms with Gasteiger partial charge < -0.3 is 10.6 Å². The van der Waals surface area contributed by atoms with E-state index in [0.717, 1.165) is 25.3 Å². The summed E-state index contributed by atoms with van der Waals surface area (Å²) in [6, 6.07) is 3.65. The second-order valence-corrected chi connectivity index (χ2v) is 3.92. The molecular weight excluding hydrogens is 190 g/mol. The first-order valence-electron chi connectivity index (χ1n) is 5.17. The zero-order valence-corrected chi connectivity index (χ0v) is 8.79. The maximum atomic E-state index is 11.6. The zero-order valence-electron chi connectivity index (χ0n) is 8.79. The van der Waals surface area contributed by atoms with Crippen molar-refractivity contribution in [2.75, 3.05) is 19.6 Å². The van der Waals surface area contributed by atoms with E-state index in [4.69, 9.17) is 0 Å². The van der Waals surface area contributed by atoms with Gasteiger partial charge in [0.15, 0.2) is 0 Å². The van der Waals surface area contributed by atoms with Gasteiger partial charge in [-0.1, -0.05) is 0 Å². The highest BCUT2D eigenvalue weighted by molar-refractivity contribution is 5.93. The summed E-state index contributed by atoms with van der Waals surface area (Å²) in [7, 11) is 0. The highest BCUT2D eigenvalue weighted by Crippen LogP contribution is 2.02. The lowest BCUT2D eigenvalue weighted by molar-refractivity contribution is 0.0942. The monoisotopic (exact) mass is 205 g/mol. The summed E-state index contributed by atoms with van der Waals surface area (Å²) < 4.78 is 0. The molecule has 1 aromatic heterocycles. The molecule has 15 heavy (non-hydrogen) atoms. The molecule has 1 aliphatic heterocycles. The van der Waals surface area contributed by atoms with E-state index in [1.54, 1.807) is 12.3 Å². The molecule has 0 aromatic carbocycles. The Kier molecular flexibility index (Phi) is 2.97. The van der Waals surface area contributed by atoms with Crippen molar-refractivity contribution in [3.05, 3.63) is 29.6 Å². The lowest BCUT2D eigenvalue weighted by Crippen LogP contribution is -2.48. The van der Waals surface area contributed by atoms with Gasteiger partial charge >= 0.3 is 0 Å². The highest BCUT2D eigenvalue weighted by atomic mass is 16.1.